The summed E-state index contributed by atoms with van der Waals surface area (Å²) >= 11 is 6.28. The Bertz CT molecular complexity index is 932. The van der Waals surface area contributed by atoms with Crippen LogP contribution < -0.4 is 5.73 Å². The summed E-state index contributed by atoms with van der Waals surface area (Å²) in [6, 6.07) is 1.74. The zero-order valence-corrected chi connectivity index (χ0v) is 17.2. The summed E-state index contributed by atoms with van der Waals surface area (Å²) in [4.78, 5) is 30.5. The molecule has 0 fully saturated rings. The van der Waals surface area contributed by atoms with E-state index in [2.05, 4.69) is 10.1 Å². The van der Waals surface area contributed by atoms with Crippen LogP contribution in [0.25, 0.3) is 11.3 Å². The van der Waals surface area contributed by atoms with Gasteiger partial charge in [0.1, 0.15) is 11.3 Å². The quantitative estimate of drug-likeness (QED) is 0.845. The average molecular weight is 406 g/mol. The van der Waals surface area contributed by atoms with Gasteiger partial charge in [0.05, 0.1) is 35.1 Å². The number of nitrogens with zero attached hydrogens (tertiary/aromatic N) is 4. The van der Waals surface area contributed by atoms with E-state index >= 15 is 0 Å². The Labute approximate surface area is 168 Å². The van der Waals surface area contributed by atoms with E-state index < -0.39 is 17.6 Å². The van der Waals surface area contributed by atoms with Crippen molar-refractivity contribution in [1.29, 1.82) is 0 Å². The number of hydrogen-bond donors (Lipinski definition) is 1. The molecule has 150 valence electrons. The second kappa shape index (κ2) is 7.43. The van der Waals surface area contributed by atoms with Gasteiger partial charge in [-0.25, -0.2) is 4.79 Å². The van der Waals surface area contributed by atoms with Crippen molar-refractivity contribution in [3.05, 3.63) is 34.2 Å². The number of rotatable bonds is 3. The van der Waals surface area contributed by atoms with Crippen LogP contribution in [0.1, 0.15) is 49.4 Å². The maximum Gasteiger partial charge on any atom is 0.410 e. The van der Waals surface area contributed by atoms with Gasteiger partial charge in [-0.1, -0.05) is 18.5 Å². The minimum atomic E-state index is -0.613. The largest absolute Gasteiger partial charge is 0.444 e. The molecule has 2 aromatic rings. The number of carbonyl (C=O) groups excluding carboxylic acids is 2. The maximum absolute atomic E-state index is 12.4. The lowest BCUT2D eigenvalue weighted by molar-refractivity contribution is 0.0193. The van der Waals surface area contributed by atoms with Gasteiger partial charge in [-0.15, -0.1) is 0 Å². The molecular formula is C19H24ClN5O3. The Morgan fingerprint density at radius 3 is 2.61 bits per heavy atom. The van der Waals surface area contributed by atoms with E-state index in [0.717, 1.165) is 5.69 Å². The van der Waals surface area contributed by atoms with Gasteiger partial charge in [0, 0.05) is 18.3 Å². The van der Waals surface area contributed by atoms with E-state index in [4.69, 9.17) is 22.1 Å². The lowest BCUT2D eigenvalue weighted by Crippen LogP contribution is -2.42. The molecule has 0 bridgehead atoms. The number of ether oxygens (including phenoxy) is 1. The summed E-state index contributed by atoms with van der Waals surface area (Å²) in [6.45, 7) is 8.43. The number of nitrogens with two attached hydrogens (primary N) is 1. The molecule has 3 heterocycles. The van der Waals surface area contributed by atoms with Crippen molar-refractivity contribution in [3.63, 3.8) is 0 Å². The van der Waals surface area contributed by atoms with Crippen LogP contribution in [-0.2, 0) is 24.2 Å². The molecule has 0 saturated heterocycles. The van der Waals surface area contributed by atoms with Crippen molar-refractivity contribution >= 4 is 23.6 Å². The highest BCUT2D eigenvalue weighted by molar-refractivity contribution is 6.31. The molecule has 2 amide bonds. The summed E-state index contributed by atoms with van der Waals surface area (Å²) in [5.41, 5.74) is 7.71. The van der Waals surface area contributed by atoms with Crippen molar-refractivity contribution < 1.29 is 14.3 Å². The van der Waals surface area contributed by atoms with Gasteiger partial charge in [-0.2, -0.15) is 5.10 Å². The number of amides is 2. The van der Waals surface area contributed by atoms with E-state index in [-0.39, 0.29) is 12.1 Å². The monoisotopic (exact) mass is 405 g/mol. The number of carbonyl (C=O) groups is 2. The molecule has 2 N–H and O–H groups in total. The first-order valence-electron chi connectivity index (χ1n) is 9.13. The van der Waals surface area contributed by atoms with Crippen molar-refractivity contribution in [1.82, 2.24) is 19.7 Å². The number of primary amides is 1. The predicted molar refractivity (Wildman–Crippen MR) is 105 cm³/mol. The van der Waals surface area contributed by atoms with Gasteiger partial charge in [0.2, 0.25) is 0 Å². The number of fused-ring (bicyclic) bond motifs is 1. The molecule has 8 nitrogen and oxygen atoms in total. The molecule has 0 aliphatic carbocycles. The van der Waals surface area contributed by atoms with Crippen LogP contribution in [-0.4, -0.2) is 43.8 Å². The molecule has 1 aliphatic rings. The fourth-order valence-corrected chi connectivity index (χ4v) is 3.42. The van der Waals surface area contributed by atoms with Crippen LogP contribution in [0.2, 0.25) is 5.02 Å². The number of halogens is 1. The average Bonchev–Trinajstić information content (AvgIpc) is 2.98. The topological polar surface area (TPSA) is 103 Å². The van der Waals surface area contributed by atoms with Gasteiger partial charge in [-0.05, 0) is 33.3 Å². The molecule has 0 radical (unpaired) electrons. The molecule has 0 spiro atoms. The molecule has 3 rings (SSSR count). The van der Waals surface area contributed by atoms with Crippen LogP contribution in [0.15, 0.2) is 12.3 Å². The highest BCUT2D eigenvalue weighted by Crippen LogP contribution is 2.30. The lowest BCUT2D eigenvalue weighted by atomic mass is 10.1. The third-order valence-corrected chi connectivity index (χ3v) is 4.73. The Morgan fingerprint density at radius 2 is 2.04 bits per heavy atom. The van der Waals surface area contributed by atoms with E-state index in [1.54, 1.807) is 21.8 Å². The Kier molecular flexibility index (Phi) is 5.34. The number of pyridine rings is 1. The Balaban J connectivity index is 1.98. The predicted octanol–water partition coefficient (Wildman–Crippen LogP) is 3.01. The molecule has 1 aliphatic heterocycles. The van der Waals surface area contributed by atoms with Crippen molar-refractivity contribution in [3.8, 4) is 11.3 Å². The first kappa shape index (κ1) is 20.1. The zero-order chi connectivity index (χ0) is 20.6. The van der Waals surface area contributed by atoms with Gasteiger partial charge in [0.25, 0.3) is 5.91 Å². The van der Waals surface area contributed by atoms with Gasteiger partial charge in [-0.3, -0.25) is 14.5 Å². The van der Waals surface area contributed by atoms with Crippen LogP contribution in [0, 0.1) is 0 Å². The maximum atomic E-state index is 12.4. The van der Waals surface area contributed by atoms with Gasteiger partial charge < -0.3 is 15.4 Å². The number of hydrogen-bond acceptors (Lipinski definition) is 5. The Hall–Kier alpha value is -2.61. The zero-order valence-electron chi connectivity index (χ0n) is 16.5. The molecule has 28 heavy (non-hydrogen) atoms. The standard InChI is InChI=1S/C19H24ClN5O3/c1-5-13-12(20)8-11(9-22-13)16-15(17(21)26)14-10-24(6-7-25(14)23-16)18(27)28-19(2,3)4/h8-9H,5-7,10H2,1-4H3,(H2,21,26). The van der Waals surface area contributed by atoms with E-state index in [0.29, 0.717) is 41.5 Å². The fourth-order valence-electron chi connectivity index (χ4n) is 3.12. The van der Waals surface area contributed by atoms with Crippen LogP contribution >= 0.6 is 11.6 Å². The van der Waals surface area contributed by atoms with Crippen LogP contribution in [0.3, 0.4) is 0 Å². The summed E-state index contributed by atoms with van der Waals surface area (Å²) in [7, 11) is 0. The second-order valence-corrected chi connectivity index (χ2v) is 8.07. The molecule has 0 atom stereocenters. The smallest absolute Gasteiger partial charge is 0.410 e. The number of aryl methyl sites for hydroxylation is 1. The second-order valence-electron chi connectivity index (χ2n) is 7.67. The molecule has 0 aromatic carbocycles. The highest BCUT2D eigenvalue weighted by atomic mass is 35.5. The van der Waals surface area contributed by atoms with Crippen LogP contribution in [0.4, 0.5) is 4.79 Å². The summed E-state index contributed by atoms with van der Waals surface area (Å²) in [5, 5.41) is 5.06. The first-order chi connectivity index (χ1) is 13.1. The summed E-state index contributed by atoms with van der Waals surface area (Å²) in [6.07, 6.45) is 1.90. The number of aromatic nitrogens is 3. The highest BCUT2D eigenvalue weighted by Gasteiger charge is 2.31. The molecule has 2 aromatic heterocycles. The summed E-state index contributed by atoms with van der Waals surface area (Å²) < 4.78 is 7.15. The molecule has 0 unspecified atom stereocenters. The van der Waals surface area contributed by atoms with Crippen molar-refractivity contribution in [2.45, 2.75) is 52.8 Å². The van der Waals surface area contributed by atoms with E-state index in [1.165, 1.54) is 0 Å². The van der Waals surface area contributed by atoms with E-state index in [9.17, 15) is 9.59 Å². The SMILES string of the molecule is CCc1ncc(-c2nn3c(c2C(N)=O)CN(C(=O)OC(C)(C)C)CC3)cc1Cl. The minimum Gasteiger partial charge on any atom is -0.444 e. The van der Waals surface area contributed by atoms with Crippen molar-refractivity contribution in [2.24, 2.45) is 5.73 Å². The first-order valence-corrected chi connectivity index (χ1v) is 9.50. The fraction of sp³-hybridized carbons (Fsp3) is 0.474. The third-order valence-electron chi connectivity index (χ3n) is 4.40. The van der Waals surface area contributed by atoms with E-state index in [1.807, 2.05) is 27.7 Å². The van der Waals surface area contributed by atoms with Gasteiger partial charge in [0.15, 0.2) is 0 Å². The van der Waals surface area contributed by atoms with Gasteiger partial charge >= 0.3 is 6.09 Å². The minimum absolute atomic E-state index is 0.189. The Morgan fingerprint density at radius 1 is 1.32 bits per heavy atom. The van der Waals surface area contributed by atoms with Crippen molar-refractivity contribution in [2.75, 3.05) is 6.54 Å². The molecular weight excluding hydrogens is 382 g/mol. The normalized spacial score (nSPS) is 14.0. The molecule has 9 heteroatoms. The third kappa shape index (κ3) is 3.96. The summed E-state index contributed by atoms with van der Waals surface area (Å²) in [5.74, 6) is -0.613. The van der Waals surface area contributed by atoms with Crippen LogP contribution in [0.5, 0.6) is 0 Å². The molecule has 0 saturated carbocycles. The lowest BCUT2D eigenvalue weighted by Gasteiger charge is -2.30.